The molecule has 1 unspecified atom stereocenters. The maximum atomic E-state index is 11.4. The summed E-state index contributed by atoms with van der Waals surface area (Å²) < 4.78 is 4.94. The quantitative estimate of drug-likeness (QED) is 0.309. The molecule has 15 heavy (non-hydrogen) atoms. The van der Waals surface area contributed by atoms with Gasteiger partial charge in [0.1, 0.15) is 5.75 Å². The fourth-order valence-electron chi connectivity index (χ4n) is 1.09. The van der Waals surface area contributed by atoms with E-state index in [2.05, 4.69) is 9.99 Å². The molecule has 0 amide bonds. The van der Waals surface area contributed by atoms with Crippen molar-refractivity contribution in [2.75, 3.05) is 0 Å². The third kappa shape index (κ3) is 2.01. The Labute approximate surface area is 85.3 Å². The molecule has 0 aliphatic carbocycles. The highest BCUT2D eigenvalue weighted by atomic mass is 16.7. The number of para-hydroxylation sites is 1. The summed E-state index contributed by atoms with van der Waals surface area (Å²) in [5.74, 6) is -2.07. The number of benzene rings is 1. The van der Waals surface area contributed by atoms with Crippen molar-refractivity contribution >= 4 is 18.2 Å². The Morgan fingerprint density at radius 3 is 2.67 bits per heavy atom. The van der Waals surface area contributed by atoms with Gasteiger partial charge < -0.3 is 9.57 Å². The van der Waals surface area contributed by atoms with E-state index < -0.39 is 17.9 Å². The molecular formula is C10H7NO4. The summed E-state index contributed by atoms with van der Waals surface area (Å²) >= 11 is 0. The molecule has 0 N–H and O–H groups in total. The second kappa shape index (κ2) is 3.91. The minimum absolute atomic E-state index is 0.385. The van der Waals surface area contributed by atoms with Crippen molar-refractivity contribution in [2.45, 2.75) is 0 Å². The van der Waals surface area contributed by atoms with Crippen LogP contribution in [0.4, 0.5) is 0 Å². The molecule has 0 spiro atoms. The zero-order valence-electron chi connectivity index (χ0n) is 7.62. The fraction of sp³-hybridized carbons (Fsp3) is 0.100. The van der Waals surface area contributed by atoms with Gasteiger partial charge in [-0.25, -0.2) is 4.79 Å². The lowest BCUT2D eigenvalue weighted by atomic mass is 10.2. The number of ether oxygens (including phenoxy) is 1. The molecule has 1 aromatic carbocycles. The normalized spacial score (nSPS) is 18.7. The number of rotatable bonds is 2. The summed E-state index contributed by atoms with van der Waals surface area (Å²) in [6.07, 6.45) is 1.12. The van der Waals surface area contributed by atoms with Crippen LogP contribution in [0.5, 0.6) is 5.75 Å². The molecule has 0 saturated heterocycles. The van der Waals surface area contributed by atoms with Crippen LogP contribution in [0.1, 0.15) is 0 Å². The van der Waals surface area contributed by atoms with Gasteiger partial charge in [0.05, 0.1) is 6.21 Å². The Morgan fingerprint density at radius 1 is 1.33 bits per heavy atom. The van der Waals surface area contributed by atoms with Gasteiger partial charge in [-0.3, -0.25) is 4.79 Å². The first-order valence-corrected chi connectivity index (χ1v) is 4.28. The Kier molecular flexibility index (Phi) is 2.45. The van der Waals surface area contributed by atoms with Gasteiger partial charge in [-0.05, 0) is 12.1 Å². The number of oxime groups is 1. The average Bonchev–Trinajstić information content (AvgIpc) is 2.66. The van der Waals surface area contributed by atoms with E-state index in [-0.39, 0.29) is 0 Å². The van der Waals surface area contributed by atoms with Crippen LogP contribution in [0.15, 0.2) is 35.5 Å². The second-order valence-electron chi connectivity index (χ2n) is 2.88. The highest BCUT2D eigenvalue weighted by Crippen LogP contribution is 2.13. The average molecular weight is 205 g/mol. The van der Waals surface area contributed by atoms with Crippen LogP contribution in [-0.2, 0) is 14.4 Å². The highest BCUT2D eigenvalue weighted by molar-refractivity contribution is 6.11. The van der Waals surface area contributed by atoms with Gasteiger partial charge in [-0.2, -0.15) is 0 Å². The largest absolute Gasteiger partial charge is 0.426 e. The van der Waals surface area contributed by atoms with Crippen molar-refractivity contribution in [3.8, 4) is 5.75 Å². The van der Waals surface area contributed by atoms with Crippen molar-refractivity contribution in [3.05, 3.63) is 30.3 Å². The molecule has 1 aromatic rings. The van der Waals surface area contributed by atoms with Crippen LogP contribution in [0.25, 0.3) is 0 Å². The first-order valence-electron chi connectivity index (χ1n) is 4.28. The zero-order chi connectivity index (χ0) is 10.7. The van der Waals surface area contributed by atoms with Gasteiger partial charge >= 0.3 is 11.9 Å². The van der Waals surface area contributed by atoms with Gasteiger partial charge in [0, 0.05) is 0 Å². The first-order chi connectivity index (χ1) is 7.27. The summed E-state index contributed by atoms with van der Waals surface area (Å²) in [4.78, 5) is 26.6. The lowest BCUT2D eigenvalue weighted by Crippen LogP contribution is -2.26. The van der Waals surface area contributed by atoms with Crippen molar-refractivity contribution in [1.82, 2.24) is 0 Å². The summed E-state index contributed by atoms with van der Waals surface area (Å²) in [5.41, 5.74) is 0. The van der Waals surface area contributed by atoms with E-state index >= 15 is 0 Å². The number of hydrogen-bond donors (Lipinski definition) is 0. The maximum Gasteiger partial charge on any atom is 0.354 e. The van der Waals surface area contributed by atoms with Crippen LogP contribution in [0.3, 0.4) is 0 Å². The molecule has 0 bridgehead atoms. The van der Waals surface area contributed by atoms with E-state index in [0.29, 0.717) is 5.75 Å². The lowest BCUT2D eigenvalue weighted by molar-refractivity contribution is -0.151. The monoisotopic (exact) mass is 205 g/mol. The minimum Gasteiger partial charge on any atom is -0.426 e. The summed E-state index contributed by atoms with van der Waals surface area (Å²) in [6.45, 7) is 0. The first kappa shape index (κ1) is 9.39. The van der Waals surface area contributed by atoms with Crippen molar-refractivity contribution in [3.63, 3.8) is 0 Å². The molecule has 2 rings (SSSR count). The number of carbonyl (C=O) groups is 2. The van der Waals surface area contributed by atoms with Gasteiger partial charge in [0.25, 0.3) is 0 Å². The van der Waals surface area contributed by atoms with Gasteiger partial charge in [-0.1, -0.05) is 23.4 Å². The van der Waals surface area contributed by atoms with Crippen LogP contribution in [0.2, 0.25) is 0 Å². The van der Waals surface area contributed by atoms with E-state index in [9.17, 15) is 9.59 Å². The van der Waals surface area contributed by atoms with E-state index in [4.69, 9.17) is 4.74 Å². The molecule has 0 fully saturated rings. The molecular weight excluding hydrogens is 198 g/mol. The minimum atomic E-state index is -1.05. The third-order valence-corrected chi connectivity index (χ3v) is 1.82. The van der Waals surface area contributed by atoms with Crippen molar-refractivity contribution in [2.24, 2.45) is 11.1 Å². The van der Waals surface area contributed by atoms with Crippen LogP contribution in [0, 0.1) is 5.92 Å². The number of hydrogen-bond acceptors (Lipinski definition) is 5. The van der Waals surface area contributed by atoms with Crippen molar-refractivity contribution in [1.29, 1.82) is 0 Å². The van der Waals surface area contributed by atoms with Gasteiger partial charge in [-0.15, -0.1) is 0 Å². The predicted molar refractivity (Wildman–Crippen MR) is 50.2 cm³/mol. The summed E-state index contributed by atoms with van der Waals surface area (Å²) in [6, 6.07) is 8.49. The van der Waals surface area contributed by atoms with Crippen LogP contribution >= 0.6 is 0 Å². The Morgan fingerprint density at radius 2 is 2.07 bits per heavy atom. The standard InChI is InChI=1S/C10H7NO4/c12-9(8-6-11-15-10(8)13)14-7-4-2-1-3-5-7/h1-6,8H. The van der Waals surface area contributed by atoms with Gasteiger partial charge in [0.2, 0.25) is 0 Å². The molecule has 1 heterocycles. The number of nitrogens with zero attached hydrogens (tertiary/aromatic N) is 1. The number of carbonyl (C=O) groups excluding carboxylic acids is 2. The molecule has 5 heteroatoms. The SMILES string of the molecule is O=C1ON=CC1C(=O)Oc1ccccc1. The van der Waals surface area contributed by atoms with Crippen LogP contribution in [-0.4, -0.2) is 18.2 Å². The number of esters is 1. The Balaban J connectivity index is 2.04. The topological polar surface area (TPSA) is 65.0 Å². The van der Waals surface area contributed by atoms with Gasteiger partial charge in [0.15, 0.2) is 5.92 Å². The molecule has 1 aliphatic rings. The van der Waals surface area contributed by atoms with Crippen LogP contribution < -0.4 is 4.74 Å². The Bertz CT molecular complexity index is 413. The fourth-order valence-corrected chi connectivity index (χ4v) is 1.09. The molecule has 0 aromatic heterocycles. The Hall–Kier alpha value is -2.17. The second-order valence-corrected chi connectivity index (χ2v) is 2.88. The maximum absolute atomic E-state index is 11.4. The molecule has 5 nitrogen and oxygen atoms in total. The highest BCUT2D eigenvalue weighted by Gasteiger charge is 2.33. The van der Waals surface area contributed by atoms with E-state index in [1.165, 1.54) is 0 Å². The van der Waals surface area contributed by atoms with E-state index in [1.807, 2.05) is 0 Å². The predicted octanol–water partition coefficient (Wildman–Crippen LogP) is 0.751. The third-order valence-electron chi connectivity index (χ3n) is 1.82. The molecule has 1 atom stereocenters. The zero-order valence-corrected chi connectivity index (χ0v) is 7.62. The molecule has 1 aliphatic heterocycles. The molecule has 0 saturated carbocycles. The smallest absolute Gasteiger partial charge is 0.354 e. The molecule has 0 radical (unpaired) electrons. The molecule has 76 valence electrons. The lowest BCUT2D eigenvalue weighted by Gasteiger charge is -2.04. The summed E-state index contributed by atoms with van der Waals surface area (Å²) in [5, 5.41) is 3.23. The summed E-state index contributed by atoms with van der Waals surface area (Å²) in [7, 11) is 0. The van der Waals surface area contributed by atoms with E-state index in [1.54, 1.807) is 30.3 Å². The van der Waals surface area contributed by atoms with E-state index in [0.717, 1.165) is 6.21 Å². The van der Waals surface area contributed by atoms with Crippen molar-refractivity contribution < 1.29 is 19.2 Å².